The molecule has 0 aromatic heterocycles. The van der Waals surface area contributed by atoms with Crippen molar-refractivity contribution >= 4 is 62.3 Å². The summed E-state index contributed by atoms with van der Waals surface area (Å²) in [4.78, 5) is 28.4. The Morgan fingerprint density at radius 3 is 2.22 bits per heavy atom. The SMILES string of the molecule is COc1ccc(Cl)cc1N(CC(=O)N(Cc1ccc(Cl)c(Cl)c1)[C@@H](C)C(=O)NCC(C)C)S(=O)(=O)c1ccccc1. The highest BCUT2D eigenvalue weighted by molar-refractivity contribution is 7.92. The van der Waals surface area contributed by atoms with E-state index in [1.165, 1.54) is 36.3 Å². The molecule has 8 nitrogen and oxygen atoms in total. The van der Waals surface area contributed by atoms with Gasteiger partial charge in [0.1, 0.15) is 18.3 Å². The monoisotopic (exact) mass is 639 g/mol. The van der Waals surface area contributed by atoms with Crippen LogP contribution in [0, 0.1) is 5.92 Å². The van der Waals surface area contributed by atoms with Gasteiger partial charge in [-0.3, -0.25) is 13.9 Å². The lowest BCUT2D eigenvalue weighted by molar-refractivity contribution is -0.139. The molecule has 0 bridgehead atoms. The predicted octanol–water partition coefficient (Wildman–Crippen LogP) is 6.04. The average molecular weight is 641 g/mol. The molecule has 0 saturated heterocycles. The molecule has 0 unspecified atom stereocenters. The quantitative estimate of drug-likeness (QED) is 0.261. The number of nitrogens with zero attached hydrogens (tertiary/aromatic N) is 2. The summed E-state index contributed by atoms with van der Waals surface area (Å²) in [6.45, 7) is 5.23. The van der Waals surface area contributed by atoms with Gasteiger partial charge in [0.2, 0.25) is 11.8 Å². The lowest BCUT2D eigenvalue weighted by Gasteiger charge is -2.32. The second kappa shape index (κ2) is 14.3. The molecule has 0 saturated carbocycles. The van der Waals surface area contributed by atoms with E-state index in [0.717, 1.165) is 4.31 Å². The Labute approximate surface area is 256 Å². The lowest BCUT2D eigenvalue weighted by Crippen LogP contribution is -2.51. The summed E-state index contributed by atoms with van der Waals surface area (Å²) in [6.07, 6.45) is 0. The van der Waals surface area contributed by atoms with Crippen LogP contribution in [-0.4, -0.2) is 51.4 Å². The van der Waals surface area contributed by atoms with Crippen molar-refractivity contribution in [3.05, 3.63) is 87.4 Å². The molecule has 2 amide bonds. The van der Waals surface area contributed by atoms with E-state index in [1.54, 1.807) is 49.4 Å². The third kappa shape index (κ3) is 8.29. The van der Waals surface area contributed by atoms with Gasteiger partial charge in [0.15, 0.2) is 0 Å². The van der Waals surface area contributed by atoms with E-state index in [9.17, 15) is 18.0 Å². The molecule has 12 heteroatoms. The third-order valence-electron chi connectivity index (χ3n) is 6.21. The summed E-state index contributed by atoms with van der Waals surface area (Å²) in [7, 11) is -2.89. The molecule has 0 heterocycles. The Kier molecular flexibility index (Phi) is 11.3. The van der Waals surface area contributed by atoms with Crippen molar-refractivity contribution in [1.29, 1.82) is 0 Å². The van der Waals surface area contributed by atoms with Crippen molar-refractivity contribution in [2.75, 3.05) is 24.5 Å². The van der Waals surface area contributed by atoms with Crippen molar-refractivity contribution < 1.29 is 22.7 Å². The summed E-state index contributed by atoms with van der Waals surface area (Å²) < 4.78 is 34.2. The molecule has 3 aromatic rings. The van der Waals surface area contributed by atoms with Gasteiger partial charge in [0, 0.05) is 18.1 Å². The number of anilines is 1. The van der Waals surface area contributed by atoms with Gasteiger partial charge in [-0.1, -0.05) is 72.9 Å². The van der Waals surface area contributed by atoms with Crippen LogP contribution >= 0.6 is 34.8 Å². The second-order valence-electron chi connectivity index (χ2n) is 9.73. The van der Waals surface area contributed by atoms with Gasteiger partial charge < -0.3 is 15.0 Å². The lowest BCUT2D eigenvalue weighted by atomic mass is 10.1. The molecule has 3 aromatic carbocycles. The summed E-state index contributed by atoms with van der Waals surface area (Å²) in [5.41, 5.74) is 0.678. The van der Waals surface area contributed by atoms with E-state index < -0.39 is 28.5 Å². The molecule has 0 fully saturated rings. The fourth-order valence-electron chi connectivity index (χ4n) is 3.96. The number of carbonyl (C=O) groups is 2. The summed E-state index contributed by atoms with van der Waals surface area (Å²) >= 11 is 18.5. The first-order valence-electron chi connectivity index (χ1n) is 12.8. The highest BCUT2D eigenvalue weighted by Gasteiger charge is 2.34. The molecule has 0 radical (unpaired) electrons. The van der Waals surface area contributed by atoms with Crippen LogP contribution in [0.15, 0.2) is 71.6 Å². The number of sulfonamides is 1. The number of hydrogen-bond acceptors (Lipinski definition) is 5. The number of halogens is 3. The largest absolute Gasteiger partial charge is 0.495 e. The zero-order chi connectivity index (χ0) is 30.3. The maximum absolute atomic E-state index is 14.0. The average Bonchev–Trinajstić information content (AvgIpc) is 2.95. The van der Waals surface area contributed by atoms with Gasteiger partial charge in [0.25, 0.3) is 10.0 Å². The first kappa shape index (κ1) is 32.5. The molecule has 0 spiro atoms. The number of ether oxygens (including phenoxy) is 1. The Bertz CT molecular complexity index is 1490. The highest BCUT2D eigenvalue weighted by atomic mass is 35.5. The molecule has 0 aliphatic rings. The van der Waals surface area contributed by atoms with Crippen LogP contribution in [0.4, 0.5) is 5.69 Å². The van der Waals surface area contributed by atoms with Crippen molar-refractivity contribution in [1.82, 2.24) is 10.2 Å². The molecular formula is C29H32Cl3N3O5S. The number of hydrogen-bond donors (Lipinski definition) is 1. The standard InChI is InChI=1S/C29H32Cl3N3O5S/c1-19(2)16-33-29(37)20(3)34(17-21-10-12-24(31)25(32)14-21)28(36)18-35(26-15-22(30)11-13-27(26)40-4)41(38,39)23-8-6-5-7-9-23/h5-15,19-20H,16-18H2,1-4H3,(H,33,37)/t20-/m0/s1. The van der Waals surface area contributed by atoms with Gasteiger partial charge in [-0.15, -0.1) is 0 Å². The zero-order valence-corrected chi connectivity index (χ0v) is 26.2. The highest BCUT2D eigenvalue weighted by Crippen LogP contribution is 2.35. The first-order chi connectivity index (χ1) is 19.3. The number of benzene rings is 3. The van der Waals surface area contributed by atoms with Crippen LogP contribution in [0.25, 0.3) is 0 Å². The Morgan fingerprint density at radius 2 is 1.61 bits per heavy atom. The van der Waals surface area contributed by atoms with Crippen LogP contribution < -0.4 is 14.4 Å². The molecule has 1 atom stereocenters. The van der Waals surface area contributed by atoms with Crippen LogP contribution in [-0.2, 0) is 26.2 Å². The maximum atomic E-state index is 14.0. The Balaban J connectivity index is 2.08. The molecule has 0 aliphatic heterocycles. The topological polar surface area (TPSA) is 96.0 Å². The van der Waals surface area contributed by atoms with E-state index in [0.29, 0.717) is 17.1 Å². The van der Waals surface area contributed by atoms with Gasteiger partial charge in [0.05, 0.1) is 27.7 Å². The van der Waals surface area contributed by atoms with E-state index in [-0.39, 0.29) is 44.7 Å². The van der Waals surface area contributed by atoms with E-state index in [2.05, 4.69) is 5.32 Å². The zero-order valence-electron chi connectivity index (χ0n) is 23.1. The van der Waals surface area contributed by atoms with Gasteiger partial charge in [-0.05, 0) is 60.9 Å². The van der Waals surface area contributed by atoms with Gasteiger partial charge in [-0.2, -0.15) is 0 Å². The smallest absolute Gasteiger partial charge is 0.264 e. The van der Waals surface area contributed by atoms with Crippen molar-refractivity contribution in [2.45, 2.75) is 38.3 Å². The molecule has 220 valence electrons. The van der Waals surface area contributed by atoms with E-state index in [1.807, 2.05) is 13.8 Å². The van der Waals surface area contributed by atoms with Gasteiger partial charge in [-0.25, -0.2) is 8.42 Å². The molecular weight excluding hydrogens is 609 g/mol. The minimum atomic E-state index is -4.28. The van der Waals surface area contributed by atoms with E-state index in [4.69, 9.17) is 39.5 Å². The molecule has 0 aliphatic carbocycles. The van der Waals surface area contributed by atoms with Crippen molar-refractivity contribution in [2.24, 2.45) is 5.92 Å². The number of nitrogens with one attached hydrogen (secondary N) is 1. The number of methoxy groups -OCH3 is 1. The van der Waals surface area contributed by atoms with E-state index >= 15 is 0 Å². The first-order valence-corrected chi connectivity index (χ1v) is 15.3. The minimum absolute atomic E-state index is 0.0299. The third-order valence-corrected chi connectivity index (χ3v) is 8.96. The van der Waals surface area contributed by atoms with Crippen LogP contribution in [0.2, 0.25) is 15.1 Å². The number of carbonyl (C=O) groups excluding carboxylic acids is 2. The number of rotatable bonds is 12. The molecule has 3 rings (SSSR count). The Hall–Kier alpha value is -2.98. The molecule has 1 N–H and O–H groups in total. The summed E-state index contributed by atoms with van der Waals surface area (Å²) in [6, 6.07) is 16.1. The normalized spacial score (nSPS) is 12.1. The van der Waals surface area contributed by atoms with Crippen LogP contribution in [0.1, 0.15) is 26.3 Å². The summed E-state index contributed by atoms with van der Waals surface area (Å²) in [5, 5.41) is 3.71. The van der Waals surface area contributed by atoms with Gasteiger partial charge >= 0.3 is 0 Å². The van der Waals surface area contributed by atoms with Crippen LogP contribution in [0.3, 0.4) is 0 Å². The fourth-order valence-corrected chi connectivity index (χ4v) is 5.89. The van der Waals surface area contributed by atoms with Crippen molar-refractivity contribution in [3.8, 4) is 5.75 Å². The second-order valence-corrected chi connectivity index (χ2v) is 12.8. The van der Waals surface area contributed by atoms with Crippen molar-refractivity contribution in [3.63, 3.8) is 0 Å². The summed E-state index contributed by atoms with van der Waals surface area (Å²) in [5.74, 6) is -0.637. The number of amides is 2. The Morgan fingerprint density at radius 1 is 0.927 bits per heavy atom. The minimum Gasteiger partial charge on any atom is -0.495 e. The predicted molar refractivity (Wildman–Crippen MR) is 163 cm³/mol. The fraction of sp³-hybridized carbons (Fsp3) is 0.310. The maximum Gasteiger partial charge on any atom is 0.264 e. The molecule has 41 heavy (non-hydrogen) atoms. The van der Waals surface area contributed by atoms with Crippen LogP contribution in [0.5, 0.6) is 5.75 Å².